The fourth-order valence-electron chi connectivity index (χ4n) is 2.58. The molecule has 3 nitrogen and oxygen atoms in total. The summed E-state index contributed by atoms with van der Waals surface area (Å²) in [4.78, 5) is 14.2. The van der Waals surface area contributed by atoms with E-state index in [4.69, 9.17) is 17.3 Å². The van der Waals surface area contributed by atoms with Gasteiger partial charge in [0.1, 0.15) is 5.82 Å². The van der Waals surface area contributed by atoms with Gasteiger partial charge in [-0.25, -0.2) is 4.39 Å². The Morgan fingerprint density at radius 3 is 2.95 bits per heavy atom. The summed E-state index contributed by atoms with van der Waals surface area (Å²) in [6, 6.07) is 4.20. The van der Waals surface area contributed by atoms with Gasteiger partial charge in [-0.3, -0.25) is 4.79 Å². The molecule has 0 spiro atoms. The van der Waals surface area contributed by atoms with Crippen molar-refractivity contribution in [3.8, 4) is 0 Å². The lowest BCUT2D eigenvalue weighted by Gasteiger charge is -2.38. The molecule has 2 N–H and O–H groups in total. The predicted octanol–water partition coefficient (Wildman–Crippen LogP) is 2.82. The van der Waals surface area contributed by atoms with E-state index in [1.807, 2.05) is 6.92 Å². The summed E-state index contributed by atoms with van der Waals surface area (Å²) in [5.41, 5.74) is 6.16. The highest BCUT2D eigenvalue weighted by molar-refractivity contribution is 6.34. The molecule has 19 heavy (non-hydrogen) atoms. The third-order valence-electron chi connectivity index (χ3n) is 3.60. The number of carbonyl (C=O) groups is 1. The van der Waals surface area contributed by atoms with Crippen molar-refractivity contribution in [1.82, 2.24) is 4.90 Å². The summed E-state index contributed by atoms with van der Waals surface area (Å²) in [5, 5.41) is -0.110. The molecule has 0 saturated carbocycles. The molecule has 2 rings (SSSR count). The van der Waals surface area contributed by atoms with Crippen LogP contribution in [0.2, 0.25) is 5.02 Å². The van der Waals surface area contributed by atoms with E-state index in [1.54, 1.807) is 11.0 Å². The van der Waals surface area contributed by atoms with Gasteiger partial charge in [-0.1, -0.05) is 17.7 Å². The number of rotatable bonds is 2. The van der Waals surface area contributed by atoms with Crippen LogP contribution < -0.4 is 5.73 Å². The zero-order valence-electron chi connectivity index (χ0n) is 10.9. The SMILES string of the molecule is C[C@H](N)[C@H]1CCCCN1C(=O)c1cccc(F)c1Cl. The molecule has 1 fully saturated rings. The minimum absolute atomic E-state index is 0.000541. The van der Waals surface area contributed by atoms with Crippen LogP contribution in [0.3, 0.4) is 0 Å². The number of hydrogen-bond acceptors (Lipinski definition) is 2. The summed E-state index contributed by atoms with van der Waals surface area (Å²) < 4.78 is 13.4. The molecule has 2 atom stereocenters. The van der Waals surface area contributed by atoms with Gasteiger partial charge in [0, 0.05) is 18.6 Å². The standard InChI is InChI=1S/C14H18ClFN2O/c1-9(17)12-7-2-3-8-18(12)14(19)10-5-4-6-11(16)13(10)15/h4-6,9,12H,2-3,7-8,17H2,1H3/t9-,12+/m0/s1. The summed E-state index contributed by atoms with van der Waals surface area (Å²) in [5.74, 6) is -0.798. The molecule has 1 aromatic rings. The van der Waals surface area contributed by atoms with E-state index < -0.39 is 5.82 Å². The average molecular weight is 285 g/mol. The molecule has 1 heterocycles. The van der Waals surface area contributed by atoms with Crippen LogP contribution in [0.5, 0.6) is 0 Å². The first-order valence-corrected chi connectivity index (χ1v) is 6.90. The van der Waals surface area contributed by atoms with E-state index >= 15 is 0 Å². The van der Waals surface area contributed by atoms with Gasteiger partial charge in [-0.2, -0.15) is 0 Å². The second-order valence-corrected chi connectivity index (χ2v) is 5.40. The van der Waals surface area contributed by atoms with Crippen LogP contribution in [-0.2, 0) is 0 Å². The Balaban J connectivity index is 2.29. The van der Waals surface area contributed by atoms with E-state index in [0.717, 1.165) is 19.3 Å². The van der Waals surface area contributed by atoms with Crippen LogP contribution in [0.25, 0.3) is 0 Å². The molecule has 0 aliphatic carbocycles. The topological polar surface area (TPSA) is 46.3 Å². The Morgan fingerprint density at radius 1 is 1.53 bits per heavy atom. The van der Waals surface area contributed by atoms with E-state index in [9.17, 15) is 9.18 Å². The maximum atomic E-state index is 13.4. The molecular weight excluding hydrogens is 267 g/mol. The largest absolute Gasteiger partial charge is 0.334 e. The van der Waals surface area contributed by atoms with Gasteiger partial charge in [-0.15, -0.1) is 0 Å². The maximum absolute atomic E-state index is 13.4. The van der Waals surface area contributed by atoms with Crippen molar-refractivity contribution in [2.45, 2.75) is 38.3 Å². The van der Waals surface area contributed by atoms with Gasteiger partial charge in [0.05, 0.1) is 10.6 Å². The quantitative estimate of drug-likeness (QED) is 0.908. The summed E-state index contributed by atoms with van der Waals surface area (Å²) >= 11 is 5.88. The lowest BCUT2D eigenvalue weighted by molar-refractivity contribution is 0.0583. The first kappa shape index (κ1) is 14.3. The zero-order chi connectivity index (χ0) is 14.0. The maximum Gasteiger partial charge on any atom is 0.255 e. The number of nitrogens with two attached hydrogens (primary N) is 1. The molecule has 0 radical (unpaired) electrons. The van der Waals surface area contributed by atoms with Crippen LogP contribution in [0.1, 0.15) is 36.5 Å². The highest BCUT2D eigenvalue weighted by Gasteiger charge is 2.31. The molecular formula is C14H18ClFN2O. The third-order valence-corrected chi connectivity index (χ3v) is 3.98. The highest BCUT2D eigenvalue weighted by atomic mass is 35.5. The first-order chi connectivity index (χ1) is 9.02. The molecule has 0 unspecified atom stereocenters. The zero-order valence-corrected chi connectivity index (χ0v) is 11.7. The van der Waals surface area contributed by atoms with Gasteiger partial charge in [0.25, 0.3) is 5.91 Å². The van der Waals surface area contributed by atoms with E-state index in [2.05, 4.69) is 0 Å². The number of hydrogen-bond donors (Lipinski definition) is 1. The van der Waals surface area contributed by atoms with Crippen LogP contribution in [0.15, 0.2) is 18.2 Å². The lowest BCUT2D eigenvalue weighted by Crippen LogP contribution is -2.51. The molecule has 5 heteroatoms. The minimum Gasteiger partial charge on any atom is -0.334 e. The molecule has 0 bridgehead atoms. The monoisotopic (exact) mass is 284 g/mol. The predicted molar refractivity (Wildman–Crippen MR) is 73.7 cm³/mol. The molecule has 1 aliphatic rings. The number of halogens is 2. The Bertz CT molecular complexity index is 479. The number of benzene rings is 1. The third kappa shape index (κ3) is 2.90. The summed E-state index contributed by atoms with van der Waals surface area (Å²) in [7, 11) is 0. The Labute approximate surface area is 117 Å². The van der Waals surface area contributed by atoms with Crippen molar-refractivity contribution in [2.24, 2.45) is 5.73 Å². The van der Waals surface area contributed by atoms with Crippen LogP contribution in [0.4, 0.5) is 4.39 Å². The van der Waals surface area contributed by atoms with Gasteiger partial charge in [-0.05, 0) is 38.3 Å². The molecule has 1 aromatic carbocycles. The van der Waals surface area contributed by atoms with Crippen LogP contribution >= 0.6 is 11.6 Å². The molecule has 1 aliphatic heterocycles. The van der Waals surface area contributed by atoms with Crippen LogP contribution in [-0.4, -0.2) is 29.4 Å². The second kappa shape index (κ2) is 5.88. The van der Waals surface area contributed by atoms with E-state index in [1.165, 1.54) is 12.1 Å². The second-order valence-electron chi connectivity index (χ2n) is 5.02. The fourth-order valence-corrected chi connectivity index (χ4v) is 2.79. The molecule has 1 saturated heterocycles. The normalized spacial score (nSPS) is 21.3. The summed E-state index contributed by atoms with van der Waals surface area (Å²) in [6.45, 7) is 2.54. The molecule has 104 valence electrons. The van der Waals surface area contributed by atoms with Crippen molar-refractivity contribution in [3.05, 3.63) is 34.6 Å². The van der Waals surface area contributed by atoms with Gasteiger partial charge < -0.3 is 10.6 Å². The number of amides is 1. The van der Waals surface area contributed by atoms with E-state index in [0.29, 0.717) is 6.54 Å². The highest BCUT2D eigenvalue weighted by Crippen LogP contribution is 2.26. The van der Waals surface area contributed by atoms with Gasteiger partial charge in [0.2, 0.25) is 0 Å². The number of nitrogens with zero attached hydrogens (tertiary/aromatic N) is 1. The number of likely N-dealkylation sites (tertiary alicyclic amines) is 1. The number of piperidine rings is 1. The Morgan fingerprint density at radius 2 is 2.26 bits per heavy atom. The minimum atomic E-state index is -0.568. The van der Waals surface area contributed by atoms with Gasteiger partial charge in [0.15, 0.2) is 0 Å². The van der Waals surface area contributed by atoms with Crippen LogP contribution in [0, 0.1) is 5.82 Å². The van der Waals surface area contributed by atoms with Crippen molar-refractivity contribution in [1.29, 1.82) is 0 Å². The Kier molecular flexibility index (Phi) is 4.42. The van der Waals surface area contributed by atoms with Crippen molar-refractivity contribution >= 4 is 17.5 Å². The lowest BCUT2D eigenvalue weighted by atomic mass is 9.96. The Hall–Kier alpha value is -1.13. The van der Waals surface area contributed by atoms with Crippen molar-refractivity contribution in [3.63, 3.8) is 0 Å². The van der Waals surface area contributed by atoms with E-state index in [-0.39, 0.29) is 28.6 Å². The average Bonchev–Trinajstić information content (AvgIpc) is 2.41. The summed E-state index contributed by atoms with van der Waals surface area (Å²) in [6.07, 6.45) is 2.89. The van der Waals surface area contributed by atoms with Crippen molar-refractivity contribution < 1.29 is 9.18 Å². The molecule has 0 aromatic heterocycles. The smallest absolute Gasteiger partial charge is 0.255 e. The fraction of sp³-hybridized carbons (Fsp3) is 0.500. The first-order valence-electron chi connectivity index (χ1n) is 6.53. The van der Waals surface area contributed by atoms with Crippen molar-refractivity contribution in [2.75, 3.05) is 6.54 Å². The molecule has 1 amide bonds. The van der Waals surface area contributed by atoms with Gasteiger partial charge >= 0.3 is 0 Å². The number of carbonyl (C=O) groups excluding carboxylic acids is 1.